The van der Waals surface area contributed by atoms with E-state index in [4.69, 9.17) is 4.42 Å². The molecule has 1 saturated carbocycles. The molecule has 3 nitrogen and oxygen atoms in total. The lowest BCUT2D eigenvalue weighted by Crippen LogP contribution is -2.45. The van der Waals surface area contributed by atoms with Crippen molar-refractivity contribution in [3.05, 3.63) is 58.5 Å². The van der Waals surface area contributed by atoms with Crippen LogP contribution in [0.1, 0.15) is 52.3 Å². The summed E-state index contributed by atoms with van der Waals surface area (Å²) in [6.45, 7) is 6.39. The molecule has 1 heterocycles. The largest absolute Gasteiger partial charge is 0.466 e. The SMILES string of the molecule is Cc1oc(C)c(C(=O)NCC2(c3ccccc3)CCC2)c1C. The van der Waals surface area contributed by atoms with E-state index in [0.29, 0.717) is 17.9 Å². The number of carbonyl (C=O) groups excluding carboxylic acids is 1. The van der Waals surface area contributed by atoms with E-state index >= 15 is 0 Å². The van der Waals surface area contributed by atoms with Crippen LogP contribution in [0.25, 0.3) is 0 Å². The van der Waals surface area contributed by atoms with Crippen molar-refractivity contribution in [1.82, 2.24) is 5.32 Å². The Kier molecular flexibility index (Phi) is 3.81. The smallest absolute Gasteiger partial charge is 0.255 e. The third-order valence-corrected chi connectivity index (χ3v) is 5.07. The van der Waals surface area contributed by atoms with Gasteiger partial charge in [-0.15, -0.1) is 0 Å². The van der Waals surface area contributed by atoms with Crippen LogP contribution in [0.4, 0.5) is 0 Å². The molecule has 3 rings (SSSR count). The summed E-state index contributed by atoms with van der Waals surface area (Å²) in [5, 5.41) is 3.14. The zero-order valence-corrected chi connectivity index (χ0v) is 13.5. The summed E-state index contributed by atoms with van der Waals surface area (Å²) in [5.74, 6) is 1.51. The predicted octanol–water partition coefficient (Wildman–Crippen LogP) is 4.06. The third kappa shape index (κ3) is 2.45. The molecular weight excluding hydrogens is 274 g/mol. The second-order valence-corrected chi connectivity index (χ2v) is 6.40. The zero-order valence-electron chi connectivity index (χ0n) is 13.5. The Morgan fingerprint density at radius 3 is 2.32 bits per heavy atom. The number of amides is 1. The highest BCUT2D eigenvalue weighted by Gasteiger charge is 2.39. The molecule has 0 spiro atoms. The second kappa shape index (κ2) is 5.64. The van der Waals surface area contributed by atoms with E-state index in [0.717, 1.165) is 24.2 Å². The van der Waals surface area contributed by atoms with E-state index in [1.165, 1.54) is 12.0 Å². The maximum atomic E-state index is 12.5. The van der Waals surface area contributed by atoms with Crippen LogP contribution < -0.4 is 5.32 Å². The van der Waals surface area contributed by atoms with Gasteiger partial charge in [-0.2, -0.15) is 0 Å². The first-order valence-electron chi connectivity index (χ1n) is 7.94. The number of benzene rings is 1. The Morgan fingerprint density at radius 1 is 1.14 bits per heavy atom. The zero-order chi connectivity index (χ0) is 15.7. The van der Waals surface area contributed by atoms with Gasteiger partial charge in [0.1, 0.15) is 11.5 Å². The van der Waals surface area contributed by atoms with Crippen molar-refractivity contribution < 1.29 is 9.21 Å². The molecule has 2 aromatic rings. The van der Waals surface area contributed by atoms with Crippen molar-refractivity contribution in [1.29, 1.82) is 0 Å². The molecule has 1 N–H and O–H groups in total. The van der Waals surface area contributed by atoms with E-state index in [1.54, 1.807) is 0 Å². The lowest BCUT2D eigenvalue weighted by atomic mass is 9.64. The Balaban J connectivity index is 1.75. The summed E-state index contributed by atoms with van der Waals surface area (Å²) in [7, 11) is 0. The van der Waals surface area contributed by atoms with Gasteiger partial charge in [0, 0.05) is 17.5 Å². The summed E-state index contributed by atoms with van der Waals surface area (Å²) < 4.78 is 5.56. The Morgan fingerprint density at radius 2 is 1.82 bits per heavy atom. The van der Waals surface area contributed by atoms with Crippen LogP contribution in [-0.2, 0) is 5.41 Å². The number of hydrogen-bond acceptors (Lipinski definition) is 2. The number of carbonyl (C=O) groups is 1. The maximum absolute atomic E-state index is 12.5. The first kappa shape index (κ1) is 14.9. The molecule has 0 bridgehead atoms. The van der Waals surface area contributed by atoms with Crippen LogP contribution >= 0.6 is 0 Å². The molecule has 0 saturated heterocycles. The Labute approximate surface area is 131 Å². The van der Waals surface area contributed by atoms with Gasteiger partial charge in [0.05, 0.1) is 5.56 Å². The fourth-order valence-corrected chi connectivity index (χ4v) is 3.43. The van der Waals surface area contributed by atoms with Gasteiger partial charge in [0.2, 0.25) is 0 Å². The van der Waals surface area contributed by atoms with E-state index in [2.05, 4.69) is 29.6 Å². The Bertz CT molecular complexity index is 681. The van der Waals surface area contributed by atoms with E-state index < -0.39 is 0 Å². The number of aryl methyl sites for hydroxylation is 2. The van der Waals surface area contributed by atoms with Crippen molar-refractivity contribution >= 4 is 5.91 Å². The molecule has 116 valence electrons. The van der Waals surface area contributed by atoms with E-state index in [1.807, 2.05) is 26.8 Å². The van der Waals surface area contributed by atoms with Gasteiger partial charge in [-0.05, 0) is 39.2 Å². The summed E-state index contributed by atoms with van der Waals surface area (Å²) in [6, 6.07) is 10.5. The molecule has 0 aliphatic heterocycles. The first-order chi connectivity index (χ1) is 10.5. The van der Waals surface area contributed by atoms with Crippen LogP contribution in [0.5, 0.6) is 0 Å². The van der Waals surface area contributed by atoms with Crippen LogP contribution in [0.2, 0.25) is 0 Å². The maximum Gasteiger partial charge on any atom is 0.255 e. The van der Waals surface area contributed by atoms with Gasteiger partial charge in [-0.3, -0.25) is 4.79 Å². The number of nitrogens with one attached hydrogen (secondary N) is 1. The molecule has 22 heavy (non-hydrogen) atoms. The third-order valence-electron chi connectivity index (χ3n) is 5.07. The van der Waals surface area contributed by atoms with Gasteiger partial charge in [0.15, 0.2) is 0 Å². The molecule has 1 fully saturated rings. The van der Waals surface area contributed by atoms with Crippen LogP contribution in [0.3, 0.4) is 0 Å². The molecule has 1 aliphatic rings. The van der Waals surface area contributed by atoms with Crippen LogP contribution in [0.15, 0.2) is 34.7 Å². The molecule has 0 atom stereocenters. The van der Waals surface area contributed by atoms with Crippen LogP contribution in [0, 0.1) is 20.8 Å². The molecule has 0 unspecified atom stereocenters. The molecule has 1 aliphatic carbocycles. The number of furan rings is 1. The highest BCUT2D eigenvalue weighted by molar-refractivity contribution is 5.96. The summed E-state index contributed by atoms with van der Waals surface area (Å²) in [5.41, 5.74) is 3.08. The highest BCUT2D eigenvalue weighted by atomic mass is 16.3. The molecule has 3 heteroatoms. The minimum absolute atomic E-state index is 0.0194. The van der Waals surface area contributed by atoms with E-state index in [9.17, 15) is 4.79 Å². The molecular formula is C19H23NO2. The second-order valence-electron chi connectivity index (χ2n) is 6.40. The summed E-state index contributed by atoms with van der Waals surface area (Å²) >= 11 is 0. The van der Waals surface area contributed by atoms with Gasteiger partial charge in [0.25, 0.3) is 5.91 Å². The first-order valence-corrected chi connectivity index (χ1v) is 7.94. The van der Waals surface area contributed by atoms with Crippen LogP contribution in [-0.4, -0.2) is 12.5 Å². The molecule has 1 amide bonds. The fourth-order valence-electron chi connectivity index (χ4n) is 3.43. The van der Waals surface area contributed by atoms with Crippen molar-refractivity contribution in [2.24, 2.45) is 0 Å². The minimum Gasteiger partial charge on any atom is -0.466 e. The average molecular weight is 297 g/mol. The van der Waals surface area contributed by atoms with Crippen molar-refractivity contribution in [2.75, 3.05) is 6.54 Å². The van der Waals surface area contributed by atoms with Gasteiger partial charge in [-0.1, -0.05) is 36.8 Å². The average Bonchev–Trinajstić information content (AvgIpc) is 2.72. The quantitative estimate of drug-likeness (QED) is 0.924. The summed E-state index contributed by atoms with van der Waals surface area (Å²) in [6.07, 6.45) is 3.51. The number of rotatable bonds is 4. The predicted molar refractivity (Wildman–Crippen MR) is 87.2 cm³/mol. The lowest BCUT2D eigenvalue weighted by molar-refractivity contribution is 0.0926. The fraction of sp³-hybridized carbons (Fsp3) is 0.421. The highest BCUT2D eigenvalue weighted by Crippen LogP contribution is 2.43. The molecule has 0 radical (unpaired) electrons. The van der Waals surface area contributed by atoms with Gasteiger partial charge in [-0.25, -0.2) is 0 Å². The monoisotopic (exact) mass is 297 g/mol. The molecule has 1 aromatic heterocycles. The minimum atomic E-state index is -0.0194. The van der Waals surface area contributed by atoms with Crippen molar-refractivity contribution in [2.45, 2.75) is 45.4 Å². The molecule has 1 aromatic carbocycles. The topological polar surface area (TPSA) is 42.2 Å². The number of hydrogen-bond donors (Lipinski definition) is 1. The summed E-state index contributed by atoms with van der Waals surface area (Å²) in [4.78, 5) is 12.5. The standard InChI is InChI=1S/C19H23NO2/c1-13-14(2)22-15(3)17(13)18(21)20-12-19(10-7-11-19)16-8-5-4-6-9-16/h4-6,8-9H,7,10-12H2,1-3H3,(H,20,21). The van der Waals surface area contributed by atoms with Crippen molar-refractivity contribution in [3.63, 3.8) is 0 Å². The van der Waals surface area contributed by atoms with Gasteiger partial charge < -0.3 is 9.73 Å². The van der Waals surface area contributed by atoms with Crippen molar-refractivity contribution in [3.8, 4) is 0 Å². The normalized spacial score (nSPS) is 16.1. The van der Waals surface area contributed by atoms with E-state index in [-0.39, 0.29) is 11.3 Å². The lowest BCUT2D eigenvalue weighted by Gasteiger charge is -2.42. The van der Waals surface area contributed by atoms with Gasteiger partial charge >= 0.3 is 0 Å². The Hall–Kier alpha value is -2.03.